The molecule has 3 aromatic rings. The quantitative estimate of drug-likeness (QED) is 0.438. The number of hydrogen-bond acceptors (Lipinski definition) is 5. The third-order valence-corrected chi connectivity index (χ3v) is 8.68. The summed E-state index contributed by atoms with van der Waals surface area (Å²) < 4.78 is 40.3. The number of nitrogens with one attached hydrogen (secondary N) is 1. The highest BCUT2D eigenvalue weighted by atomic mass is 32.2. The van der Waals surface area contributed by atoms with Gasteiger partial charge in [0.2, 0.25) is 0 Å². The molecular weight excluding hydrogens is 500 g/mol. The molecule has 0 fully saturated rings. The van der Waals surface area contributed by atoms with Crippen molar-refractivity contribution in [3.05, 3.63) is 83.4 Å². The van der Waals surface area contributed by atoms with Gasteiger partial charge in [-0.1, -0.05) is 58.0 Å². The minimum absolute atomic E-state index is 0.107. The Balaban J connectivity index is 1.67. The molecule has 0 aromatic heterocycles. The molecule has 8 heteroatoms. The number of fused-ring (bicyclic) bond motifs is 1. The Labute approximate surface area is 225 Å². The van der Waals surface area contributed by atoms with Gasteiger partial charge in [0.25, 0.3) is 15.9 Å². The van der Waals surface area contributed by atoms with E-state index in [0.717, 1.165) is 17.5 Å². The summed E-state index contributed by atoms with van der Waals surface area (Å²) in [5.74, 6) is 0.526. The van der Waals surface area contributed by atoms with E-state index in [-0.39, 0.29) is 28.8 Å². The van der Waals surface area contributed by atoms with Crippen LogP contribution in [-0.4, -0.2) is 34.1 Å². The van der Waals surface area contributed by atoms with Crippen LogP contribution in [0.25, 0.3) is 0 Å². The standard InChI is InChI=1S/C30H36N2O5S/c1-7-21-8-10-22(11-9-21)20(2)31-29(33)28-19-32(38(34,35)25-15-13-24(36-6)14-16-25)26-18-23(30(3,4)5)12-17-27(26)37-28/h8-18,20,28H,7,19H2,1-6H3,(H,31,33). The van der Waals surface area contributed by atoms with E-state index < -0.39 is 16.1 Å². The second-order valence-corrected chi connectivity index (χ2v) is 12.4. The first kappa shape index (κ1) is 27.5. The topological polar surface area (TPSA) is 84.9 Å². The number of nitrogens with zero attached hydrogens (tertiary/aromatic N) is 1. The molecule has 202 valence electrons. The molecule has 38 heavy (non-hydrogen) atoms. The maximum absolute atomic E-state index is 13.9. The highest BCUT2D eigenvalue weighted by Gasteiger charge is 2.38. The summed E-state index contributed by atoms with van der Waals surface area (Å²) in [5.41, 5.74) is 3.35. The molecular formula is C30H36N2O5S. The molecule has 2 atom stereocenters. The summed E-state index contributed by atoms with van der Waals surface area (Å²) >= 11 is 0. The van der Waals surface area contributed by atoms with Gasteiger partial charge in [0, 0.05) is 0 Å². The van der Waals surface area contributed by atoms with Gasteiger partial charge in [-0.2, -0.15) is 0 Å². The first-order valence-corrected chi connectivity index (χ1v) is 14.2. The molecule has 1 heterocycles. The molecule has 0 bridgehead atoms. The van der Waals surface area contributed by atoms with Crippen LogP contribution in [0.3, 0.4) is 0 Å². The zero-order valence-electron chi connectivity index (χ0n) is 22.8. The Bertz CT molecular complexity index is 1390. The Morgan fingerprint density at radius 3 is 2.32 bits per heavy atom. The number of methoxy groups -OCH3 is 1. The number of rotatable bonds is 7. The number of carbonyl (C=O) groups excluding carboxylic acids is 1. The van der Waals surface area contributed by atoms with E-state index in [9.17, 15) is 13.2 Å². The summed E-state index contributed by atoms with van der Waals surface area (Å²) in [6.07, 6.45) is -0.0837. The number of anilines is 1. The fourth-order valence-electron chi connectivity index (χ4n) is 4.39. The molecule has 0 saturated heterocycles. The van der Waals surface area contributed by atoms with Crippen LogP contribution in [0.1, 0.15) is 57.4 Å². The summed E-state index contributed by atoms with van der Waals surface area (Å²) in [7, 11) is -2.47. The zero-order chi connectivity index (χ0) is 27.7. The van der Waals surface area contributed by atoms with Gasteiger partial charge >= 0.3 is 0 Å². The van der Waals surface area contributed by atoms with Crippen molar-refractivity contribution in [1.29, 1.82) is 0 Å². The molecule has 1 aliphatic rings. The van der Waals surface area contributed by atoms with Crippen LogP contribution in [0.15, 0.2) is 71.6 Å². The number of aryl methyl sites for hydroxylation is 1. The van der Waals surface area contributed by atoms with Crippen molar-refractivity contribution >= 4 is 21.6 Å². The van der Waals surface area contributed by atoms with E-state index in [1.165, 1.54) is 29.1 Å². The van der Waals surface area contributed by atoms with Crippen LogP contribution in [0.4, 0.5) is 5.69 Å². The monoisotopic (exact) mass is 536 g/mol. The lowest BCUT2D eigenvalue weighted by atomic mass is 9.86. The molecule has 4 rings (SSSR count). The van der Waals surface area contributed by atoms with Gasteiger partial charge in [0.1, 0.15) is 11.5 Å². The molecule has 2 unspecified atom stereocenters. The van der Waals surface area contributed by atoms with Crippen LogP contribution in [0.2, 0.25) is 0 Å². The normalized spacial score (nSPS) is 16.3. The van der Waals surface area contributed by atoms with E-state index in [1.807, 2.05) is 43.3 Å². The van der Waals surface area contributed by atoms with Crippen molar-refractivity contribution in [2.75, 3.05) is 18.0 Å². The third-order valence-electron chi connectivity index (χ3n) is 6.88. The van der Waals surface area contributed by atoms with Crippen molar-refractivity contribution in [3.8, 4) is 11.5 Å². The summed E-state index contributed by atoms with van der Waals surface area (Å²) in [6, 6.07) is 19.5. The number of ether oxygens (including phenoxy) is 2. The van der Waals surface area contributed by atoms with Crippen LogP contribution in [0.5, 0.6) is 11.5 Å². The fraction of sp³-hybridized carbons (Fsp3) is 0.367. The molecule has 0 saturated carbocycles. The van der Waals surface area contributed by atoms with E-state index in [1.54, 1.807) is 18.2 Å². The van der Waals surface area contributed by atoms with Crippen molar-refractivity contribution in [3.63, 3.8) is 0 Å². The second-order valence-electron chi connectivity index (χ2n) is 10.6. The highest BCUT2D eigenvalue weighted by molar-refractivity contribution is 7.92. The summed E-state index contributed by atoms with van der Waals surface area (Å²) in [4.78, 5) is 13.5. The molecule has 3 aromatic carbocycles. The predicted octanol–water partition coefficient (Wildman–Crippen LogP) is 5.39. The van der Waals surface area contributed by atoms with E-state index in [0.29, 0.717) is 17.2 Å². The Morgan fingerprint density at radius 2 is 1.74 bits per heavy atom. The minimum atomic E-state index is -4.00. The summed E-state index contributed by atoms with van der Waals surface area (Å²) in [6.45, 7) is 10.0. The zero-order valence-corrected chi connectivity index (χ0v) is 23.6. The number of hydrogen-bond donors (Lipinski definition) is 1. The minimum Gasteiger partial charge on any atom is -0.497 e. The SMILES string of the molecule is CCc1ccc(C(C)NC(=O)C2CN(S(=O)(=O)c3ccc(OC)cc3)c3cc(C(C)(C)C)ccc3O2)cc1. The largest absolute Gasteiger partial charge is 0.497 e. The molecule has 0 radical (unpaired) electrons. The Hall–Kier alpha value is -3.52. The van der Waals surface area contributed by atoms with Gasteiger partial charge in [-0.3, -0.25) is 9.10 Å². The molecule has 0 spiro atoms. The lowest BCUT2D eigenvalue weighted by Gasteiger charge is -2.36. The van der Waals surface area contributed by atoms with Crippen molar-refractivity contribution < 1.29 is 22.7 Å². The molecule has 7 nitrogen and oxygen atoms in total. The van der Waals surface area contributed by atoms with E-state index in [2.05, 4.69) is 33.0 Å². The van der Waals surface area contributed by atoms with Crippen LogP contribution in [-0.2, 0) is 26.7 Å². The van der Waals surface area contributed by atoms with Crippen LogP contribution in [0, 0.1) is 0 Å². The van der Waals surface area contributed by atoms with Crippen LogP contribution < -0.4 is 19.1 Å². The van der Waals surface area contributed by atoms with Gasteiger partial charge in [-0.05, 0) is 71.8 Å². The highest BCUT2D eigenvalue weighted by Crippen LogP contribution is 2.40. The average molecular weight is 537 g/mol. The smallest absolute Gasteiger partial charge is 0.264 e. The lowest BCUT2D eigenvalue weighted by molar-refractivity contribution is -0.128. The maximum Gasteiger partial charge on any atom is 0.264 e. The first-order chi connectivity index (χ1) is 17.9. The third kappa shape index (κ3) is 5.65. The van der Waals surface area contributed by atoms with Gasteiger partial charge in [0.05, 0.1) is 30.3 Å². The second kappa shape index (κ2) is 10.7. The Kier molecular flexibility index (Phi) is 7.74. The van der Waals surface area contributed by atoms with Crippen molar-refractivity contribution in [2.24, 2.45) is 0 Å². The van der Waals surface area contributed by atoms with Gasteiger partial charge in [-0.25, -0.2) is 8.42 Å². The lowest BCUT2D eigenvalue weighted by Crippen LogP contribution is -2.51. The fourth-order valence-corrected chi connectivity index (χ4v) is 5.86. The first-order valence-electron chi connectivity index (χ1n) is 12.8. The number of carbonyl (C=O) groups is 1. The van der Waals surface area contributed by atoms with Gasteiger partial charge in [-0.15, -0.1) is 0 Å². The van der Waals surface area contributed by atoms with Gasteiger partial charge in [0.15, 0.2) is 6.10 Å². The number of amides is 1. The summed E-state index contributed by atoms with van der Waals surface area (Å²) in [5, 5.41) is 2.99. The van der Waals surface area contributed by atoms with E-state index >= 15 is 0 Å². The maximum atomic E-state index is 13.9. The predicted molar refractivity (Wildman–Crippen MR) is 149 cm³/mol. The number of sulfonamides is 1. The molecule has 0 aliphatic carbocycles. The molecule has 1 amide bonds. The van der Waals surface area contributed by atoms with E-state index in [4.69, 9.17) is 9.47 Å². The average Bonchev–Trinajstić information content (AvgIpc) is 2.91. The van der Waals surface area contributed by atoms with Crippen molar-refractivity contribution in [1.82, 2.24) is 5.32 Å². The van der Waals surface area contributed by atoms with Crippen LogP contribution >= 0.6 is 0 Å². The number of benzene rings is 3. The molecule has 1 N–H and O–H groups in total. The van der Waals surface area contributed by atoms with Gasteiger partial charge < -0.3 is 14.8 Å². The Morgan fingerprint density at radius 1 is 1.08 bits per heavy atom. The van der Waals surface area contributed by atoms with Crippen molar-refractivity contribution in [2.45, 2.75) is 63.5 Å². The molecule has 1 aliphatic heterocycles.